The highest BCUT2D eigenvalue weighted by Crippen LogP contribution is 2.39. The van der Waals surface area contributed by atoms with Crippen molar-refractivity contribution in [3.8, 4) is 0 Å². The molecular formula is C18H27N3O3S. The summed E-state index contributed by atoms with van der Waals surface area (Å²) in [4.78, 5) is 12.8. The van der Waals surface area contributed by atoms with E-state index in [1.807, 2.05) is 0 Å². The number of nitrogens with one attached hydrogen (secondary N) is 1. The van der Waals surface area contributed by atoms with Crippen molar-refractivity contribution in [1.29, 1.82) is 0 Å². The minimum absolute atomic E-state index is 0.0171. The van der Waals surface area contributed by atoms with E-state index in [1.165, 1.54) is 12.5 Å². The molecule has 1 amide bonds. The second-order valence-corrected chi connectivity index (χ2v) is 9.17. The summed E-state index contributed by atoms with van der Waals surface area (Å²) >= 11 is 0. The Labute approximate surface area is 149 Å². The minimum Gasteiger partial charge on any atom is -0.349 e. The van der Waals surface area contributed by atoms with Crippen molar-refractivity contribution >= 4 is 15.9 Å². The van der Waals surface area contributed by atoms with Gasteiger partial charge in [0.05, 0.1) is 4.90 Å². The van der Waals surface area contributed by atoms with Crippen molar-refractivity contribution < 1.29 is 13.2 Å². The van der Waals surface area contributed by atoms with Crippen LogP contribution in [0.25, 0.3) is 0 Å². The first-order valence-electron chi connectivity index (χ1n) is 8.87. The van der Waals surface area contributed by atoms with Crippen LogP contribution >= 0.6 is 0 Å². The highest BCUT2D eigenvalue weighted by atomic mass is 32.2. The van der Waals surface area contributed by atoms with Crippen LogP contribution in [0, 0.1) is 25.7 Å². The third-order valence-corrected chi connectivity index (χ3v) is 6.90. The maximum absolute atomic E-state index is 12.8. The Kier molecular flexibility index (Phi) is 4.92. The van der Waals surface area contributed by atoms with Crippen LogP contribution < -0.4 is 16.2 Å². The molecule has 2 saturated carbocycles. The molecule has 2 bridgehead atoms. The molecule has 2 unspecified atom stereocenters. The molecule has 1 aromatic carbocycles. The van der Waals surface area contributed by atoms with Crippen molar-refractivity contribution in [3.05, 3.63) is 28.8 Å². The maximum atomic E-state index is 12.8. The number of nitrogens with two attached hydrogens (primary N) is 2. The van der Waals surface area contributed by atoms with Crippen LogP contribution in [0.15, 0.2) is 17.0 Å². The lowest BCUT2D eigenvalue weighted by atomic mass is 9.67. The van der Waals surface area contributed by atoms with Crippen molar-refractivity contribution in [3.63, 3.8) is 0 Å². The number of amides is 1. The number of fused-ring (bicyclic) bond motifs is 2. The molecule has 2 fully saturated rings. The molecule has 2 atom stereocenters. The smallest absolute Gasteiger partial charge is 0.251 e. The van der Waals surface area contributed by atoms with Crippen LogP contribution in [-0.2, 0) is 10.0 Å². The Morgan fingerprint density at radius 1 is 1.16 bits per heavy atom. The van der Waals surface area contributed by atoms with Crippen LogP contribution in [0.4, 0.5) is 0 Å². The van der Waals surface area contributed by atoms with E-state index >= 15 is 0 Å². The predicted octanol–water partition coefficient (Wildman–Crippen LogP) is 1.59. The zero-order valence-corrected chi connectivity index (χ0v) is 15.6. The molecule has 0 radical (unpaired) electrons. The van der Waals surface area contributed by atoms with Crippen molar-refractivity contribution in [1.82, 2.24) is 5.32 Å². The molecule has 0 spiro atoms. The van der Waals surface area contributed by atoms with Crippen LogP contribution in [0.3, 0.4) is 0 Å². The number of sulfonamides is 1. The average Bonchev–Trinajstić information content (AvgIpc) is 2.49. The fourth-order valence-corrected chi connectivity index (χ4v) is 5.39. The predicted molar refractivity (Wildman–Crippen MR) is 96.6 cm³/mol. The van der Waals surface area contributed by atoms with Gasteiger partial charge in [-0.1, -0.05) is 6.42 Å². The molecule has 2 aliphatic carbocycles. The van der Waals surface area contributed by atoms with Crippen LogP contribution in [-0.4, -0.2) is 26.4 Å². The fraction of sp³-hybridized carbons (Fsp3) is 0.611. The van der Waals surface area contributed by atoms with E-state index in [9.17, 15) is 13.2 Å². The van der Waals surface area contributed by atoms with Gasteiger partial charge in [0, 0.05) is 17.6 Å². The monoisotopic (exact) mass is 365 g/mol. The van der Waals surface area contributed by atoms with Gasteiger partial charge in [-0.2, -0.15) is 0 Å². The molecule has 1 aromatic rings. The first-order valence-corrected chi connectivity index (χ1v) is 10.4. The summed E-state index contributed by atoms with van der Waals surface area (Å²) in [6, 6.07) is 3.46. The maximum Gasteiger partial charge on any atom is 0.251 e. The molecule has 6 nitrogen and oxygen atoms in total. The zero-order chi connectivity index (χ0) is 18.4. The van der Waals surface area contributed by atoms with Gasteiger partial charge in [-0.3, -0.25) is 4.79 Å². The fourth-order valence-electron chi connectivity index (χ4n) is 4.51. The Bertz CT molecular complexity index is 777. The number of primary sulfonamides is 1. The zero-order valence-electron chi connectivity index (χ0n) is 14.8. The van der Waals surface area contributed by atoms with Gasteiger partial charge in [0.2, 0.25) is 10.0 Å². The summed E-state index contributed by atoms with van der Waals surface area (Å²) in [6.07, 6.45) is 5.25. The lowest BCUT2D eigenvalue weighted by molar-refractivity contribution is 0.0755. The molecule has 3 rings (SSSR count). The average molecular weight is 365 g/mol. The van der Waals surface area contributed by atoms with E-state index in [-0.39, 0.29) is 22.9 Å². The first-order chi connectivity index (χ1) is 11.7. The molecule has 25 heavy (non-hydrogen) atoms. The largest absolute Gasteiger partial charge is 0.349 e. The van der Waals surface area contributed by atoms with E-state index in [1.54, 1.807) is 19.9 Å². The summed E-state index contributed by atoms with van der Waals surface area (Å²) in [5.41, 5.74) is 7.81. The number of rotatable bonds is 3. The Morgan fingerprint density at radius 2 is 1.76 bits per heavy atom. The lowest BCUT2D eigenvalue weighted by Gasteiger charge is -2.45. The number of aryl methyl sites for hydroxylation is 1. The van der Waals surface area contributed by atoms with Gasteiger partial charge in [-0.15, -0.1) is 0 Å². The van der Waals surface area contributed by atoms with E-state index < -0.39 is 10.0 Å². The molecule has 2 aliphatic rings. The summed E-state index contributed by atoms with van der Waals surface area (Å²) in [6.45, 7) is 3.48. The highest BCUT2D eigenvalue weighted by Gasteiger charge is 2.40. The standard InChI is InChI=1S/C18H27N3O3S/c1-10-6-14(9-16(11(10)2)25(20,23)24)18(22)21-17-12-4-3-5-13(17)8-15(19)7-12/h6,9,12-13,15,17H,3-5,7-8,19H2,1-2H3,(H,21,22)(H2,20,23,24). The third kappa shape index (κ3) is 3.73. The quantitative estimate of drug-likeness (QED) is 0.754. The van der Waals surface area contributed by atoms with Crippen LogP contribution in [0.5, 0.6) is 0 Å². The van der Waals surface area contributed by atoms with Gasteiger partial charge in [-0.25, -0.2) is 13.6 Å². The molecule has 0 aliphatic heterocycles. The van der Waals surface area contributed by atoms with E-state index in [0.717, 1.165) is 31.2 Å². The van der Waals surface area contributed by atoms with Crippen LogP contribution in [0.1, 0.15) is 53.6 Å². The SMILES string of the molecule is Cc1cc(C(=O)NC2C3CCCC2CC(N)C3)cc(S(N)(=O)=O)c1C. The summed E-state index contributed by atoms with van der Waals surface area (Å²) in [7, 11) is -3.86. The van der Waals surface area contributed by atoms with Crippen molar-refractivity contribution in [2.75, 3.05) is 0 Å². The van der Waals surface area contributed by atoms with Crippen molar-refractivity contribution in [2.24, 2.45) is 22.7 Å². The highest BCUT2D eigenvalue weighted by molar-refractivity contribution is 7.89. The summed E-state index contributed by atoms with van der Waals surface area (Å²) in [5, 5.41) is 8.45. The summed E-state index contributed by atoms with van der Waals surface area (Å²) < 4.78 is 23.6. The first kappa shape index (κ1) is 18.4. The number of carbonyl (C=O) groups is 1. The molecule has 7 heteroatoms. The molecule has 5 N–H and O–H groups in total. The van der Waals surface area contributed by atoms with Gasteiger partial charge < -0.3 is 11.1 Å². The molecule has 0 saturated heterocycles. The van der Waals surface area contributed by atoms with Crippen LogP contribution in [0.2, 0.25) is 0 Å². The second kappa shape index (κ2) is 6.70. The van der Waals surface area contributed by atoms with Gasteiger partial charge in [0.25, 0.3) is 5.91 Å². The van der Waals surface area contributed by atoms with E-state index in [2.05, 4.69) is 5.32 Å². The third-order valence-electron chi connectivity index (χ3n) is 5.86. The van der Waals surface area contributed by atoms with Gasteiger partial charge in [0.1, 0.15) is 0 Å². The van der Waals surface area contributed by atoms with Crippen molar-refractivity contribution in [2.45, 2.75) is 62.9 Å². The molecule has 138 valence electrons. The Morgan fingerprint density at radius 3 is 2.32 bits per heavy atom. The van der Waals surface area contributed by atoms with Gasteiger partial charge in [0.15, 0.2) is 0 Å². The van der Waals surface area contributed by atoms with E-state index in [4.69, 9.17) is 10.9 Å². The molecular weight excluding hydrogens is 338 g/mol. The topological polar surface area (TPSA) is 115 Å². The number of benzene rings is 1. The summed E-state index contributed by atoms with van der Waals surface area (Å²) in [5.74, 6) is 0.594. The minimum atomic E-state index is -3.86. The molecule has 0 heterocycles. The normalized spacial score (nSPS) is 29.3. The lowest BCUT2D eigenvalue weighted by Crippen LogP contribution is -2.53. The van der Waals surface area contributed by atoms with E-state index in [0.29, 0.717) is 23.0 Å². The number of hydrogen-bond acceptors (Lipinski definition) is 4. The number of hydrogen-bond donors (Lipinski definition) is 3. The van der Waals surface area contributed by atoms with Gasteiger partial charge >= 0.3 is 0 Å². The number of carbonyl (C=O) groups excluding carboxylic acids is 1. The Hall–Kier alpha value is -1.44. The second-order valence-electron chi connectivity index (χ2n) is 7.64. The van der Waals surface area contributed by atoms with Gasteiger partial charge in [-0.05, 0) is 74.6 Å². The molecule has 0 aromatic heterocycles. The Balaban J connectivity index is 1.86.